The van der Waals surface area contributed by atoms with Crippen LogP contribution in [0.3, 0.4) is 0 Å². The van der Waals surface area contributed by atoms with Crippen molar-refractivity contribution in [2.75, 3.05) is 13.3 Å². The third-order valence-corrected chi connectivity index (χ3v) is 1.49. The van der Waals surface area contributed by atoms with Crippen LogP contribution in [0.1, 0.15) is 6.92 Å². The number of hydroxylamine groups is 2. The molecule has 1 rings (SSSR count). The van der Waals surface area contributed by atoms with Crippen LogP contribution < -0.4 is 4.74 Å². The fourth-order valence-electron chi connectivity index (χ4n) is 0.757. The predicted molar refractivity (Wildman–Crippen MR) is 46.1 cm³/mol. The summed E-state index contributed by atoms with van der Waals surface area (Å²) in [5.41, 5.74) is 0. The second kappa shape index (κ2) is 4.74. The quantitative estimate of drug-likeness (QED) is 0.547. The van der Waals surface area contributed by atoms with Crippen LogP contribution in [0.2, 0.25) is 0 Å². The number of benzene rings is 1. The maximum absolute atomic E-state index is 9.03. The van der Waals surface area contributed by atoms with Gasteiger partial charge >= 0.3 is 0 Å². The first-order chi connectivity index (χ1) is 5.83. The molecule has 3 heteroatoms. The van der Waals surface area contributed by atoms with Gasteiger partial charge in [-0.05, 0) is 19.1 Å². The van der Waals surface area contributed by atoms with Gasteiger partial charge in [0.05, 0.1) is 0 Å². The third kappa shape index (κ3) is 2.90. The van der Waals surface area contributed by atoms with Gasteiger partial charge in [-0.1, -0.05) is 18.2 Å². The molecule has 3 nitrogen and oxygen atoms in total. The van der Waals surface area contributed by atoms with Gasteiger partial charge in [-0.15, -0.1) is 0 Å². The fourth-order valence-corrected chi connectivity index (χ4v) is 0.757. The van der Waals surface area contributed by atoms with E-state index in [1.807, 2.05) is 37.3 Å². The largest absolute Gasteiger partial charge is 0.476 e. The van der Waals surface area contributed by atoms with Gasteiger partial charge in [0, 0.05) is 6.54 Å². The molecule has 0 atom stereocenters. The van der Waals surface area contributed by atoms with Crippen LogP contribution in [0.5, 0.6) is 5.75 Å². The van der Waals surface area contributed by atoms with Crippen molar-refractivity contribution in [3.63, 3.8) is 0 Å². The first kappa shape index (κ1) is 9.03. The van der Waals surface area contributed by atoms with E-state index in [-0.39, 0.29) is 6.73 Å². The molecule has 66 valence electrons. The number of ether oxygens (including phenoxy) is 1. The summed E-state index contributed by atoms with van der Waals surface area (Å²) in [4.78, 5) is 0. The number of para-hydroxylation sites is 1. The second-order valence-electron chi connectivity index (χ2n) is 2.41. The highest BCUT2D eigenvalue weighted by atomic mass is 16.6. The Labute approximate surface area is 72.1 Å². The Morgan fingerprint density at radius 1 is 1.33 bits per heavy atom. The Morgan fingerprint density at radius 3 is 2.58 bits per heavy atom. The highest BCUT2D eigenvalue weighted by Gasteiger charge is 1.96. The molecule has 0 aromatic heterocycles. The Kier molecular flexibility index (Phi) is 3.57. The van der Waals surface area contributed by atoms with Crippen molar-refractivity contribution >= 4 is 0 Å². The van der Waals surface area contributed by atoms with Crippen LogP contribution in [0, 0.1) is 0 Å². The molecule has 1 N–H and O–H groups in total. The van der Waals surface area contributed by atoms with Gasteiger partial charge in [-0.3, -0.25) is 0 Å². The van der Waals surface area contributed by atoms with Gasteiger partial charge in [0.15, 0.2) is 6.73 Å². The predicted octanol–water partition coefficient (Wildman–Crippen LogP) is 1.73. The van der Waals surface area contributed by atoms with Crippen molar-refractivity contribution in [1.29, 1.82) is 0 Å². The number of rotatable bonds is 4. The highest BCUT2D eigenvalue weighted by molar-refractivity contribution is 5.20. The van der Waals surface area contributed by atoms with E-state index in [9.17, 15) is 0 Å². The van der Waals surface area contributed by atoms with E-state index in [1.165, 1.54) is 0 Å². The van der Waals surface area contributed by atoms with Crippen LogP contribution in [0.15, 0.2) is 30.3 Å². The lowest BCUT2D eigenvalue weighted by Gasteiger charge is -2.12. The van der Waals surface area contributed by atoms with E-state index in [0.717, 1.165) is 10.8 Å². The van der Waals surface area contributed by atoms with Crippen molar-refractivity contribution in [3.05, 3.63) is 30.3 Å². The molecule has 0 spiro atoms. The average molecular weight is 167 g/mol. The summed E-state index contributed by atoms with van der Waals surface area (Å²) in [5, 5.41) is 10.1. The first-order valence-electron chi connectivity index (χ1n) is 3.94. The molecule has 0 amide bonds. The van der Waals surface area contributed by atoms with Crippen LogP contribution in [0.25, 0.3) is 0 Å². The molecule has 0 bridgehead atoms. The zero-order valence-electron chi connectivity index (χ0n) is 7.10. The summed E-state index contributed by atoms with van der Waals surface area (Å²) in [7, 11) is 0. The number of nitrogens with zero attached hydrogens (tertiary/aromatic N) is 1. The first-order valence-corrected chi connectivity index (χ1v) is 3.94. The van der Waals surface area contributed by atoms with Crippen molar-refractivity contribution in [1.82, 2.24) is 5.06 Å². The molecule has 1 aromatic rings. The highest BCUT2D eigenvalue weighted by Crippen LogP contribution is 2.07. The Bertz CT molecular complexity index is 213. The summed E-state index contributed by atoms with van der Waals surface area (Å²) >= 11 is 0. The summed E-state index contributed by atoms with van der Waals surface area (Å²) in [6, 6.07) is 9.41. The lowest BCUT2D eigenvalue weighted by Crippen LogP contribution is -2.23. The van der Waals surface area contributed by atoms with Crippen LogP contribution in [0.4, 0.5) is 0 Å². The van der Waals surface area contributed by atoms with Crippen molar-refractivity contribution in [2.45, 2.75) is 6.92 Å². The molecule has 0 aliphatic rings. The minimum absolute atomic E-state index is 0.209. The number of hydrogen-bond acceptors (Lipinski definition) is 3. The standard InChI is InChI=1S/C9H13NO2/c1-2-10(11)8-12-9-6-4-3-5-7-9/h3-7,11H,2,8H2,1H3. The third-order valence-electron chi connectivity index (χ3n) is 1.49. The molecule has 0 radical (unpaired) electrons. The summed E-state index contributed by atoms with van der Waals surface area (Å²) in [6.45, 7) is 2.63. The Balaban J connectivity index is 2.33. The normalized spacial score (nSPS) is 10.2. The zero-order chi connectivity index (χ0) is 8.81. The summed E-state index contributed by atoms with van der Waals surface area (Å²) < 4.78 is 5.23. The van der Waals surface area contributed by atoms with Crippen molar-refractivity contribution in [3.8, 4) is 5.75 Å². The topological polar surface area (TPSA) is 32.7 Å². The minimum atomic E-state index is 0.209. The van der Waals surface area contributed by atoms with Crippen molar-refractivity contribution in [2.24, 2.45) is 0 Å². The van der Waals surface area contributed by atoms with E-state index in [4.69, 9.17) is 9.94 Å². The van der Waals surface area contributed by atoms with E-state index >= 15 is 0 Å². The lowest BCUT2D eigenvalue weighted by molar-refractivity contribution is -0.130. The minimum Gasteiger partial charge on any atom is -0.476 e. The van der Waals surface area contributed by atoms with E-state index in [2.05, 4.69) is 0 Å². The average Bonchev–Trinajstić information content (AvgIpc) is 2.16. The Morgan fingerprint density at radius 2 is 2.00 bits per heavy atom. The molecule has 12 heavy (non-hydrogen) atoms. The monoisotopic (exact) mass is 167 g/mol. The van der Waals surface area contributed by atoms with E-state index in [1.54, 1.807) is 0 Å². The molecule has 0 unspecified atom stereocenters. The molecule has 0 fully saturated rings. The van der Waals surface area contributed by atoms with Crippen LogP contribution in [-0.2, 0) is 0 Å². The molecular formula is C9H13NO2. The van der Waals surface area contributed by atoms with Gasteiger partial charge in [-0.25, -0.2) is 0 Å². The molecular weight excluding hydrogens is 154 g/mol. The maximum Gasteiger partial charge on any atom is 0.163 e. The molecule has 1 aromatic carbocycles. The van der Waals surface area contributed by atoms with Gasteiger partial charge in [0.2, 0.25) is 0 Å². The van der Waals surface area contributed by atoms with Gasteiger partial charge in [0.1, 0.15) is 5.75 Å². The summed E-state index contributed by atoms with van der Waals surface area (Å²) in [5.74, 6) is 0.769. The van der Waals surface area contributed by atoms with Gasteiger partial charge in [0.25, 0.3) is 0 Å². The molecule has 0 saturated carbocycles. The SMILES string of the molecule is CCN(O)COc1ccccc1. The molecule has 0 aliphatic carbocycles. The molecule has 0 heterocycles. The van der Waals surface area contributed by atoms with Crippen molar-refractivity contribution < 1.29 is 9.94 Å². The van der Waals surface area contributed by atoms with Crippen LogP contribution in [-0.4, -0.2) is 23.5 Å². The summed E-state index contributed by atoms with van der Waals surface area (Å²) in [6.07, 6.45) is 0. The maximum atomic E-state index is 9.03. The van der Waals surface area contributed by atoms with Crippen LogP contribution >= 0.6 is 0 Å². The second-order valence-corrected chi connectivity index (χ2v) is 2.41. The fraction of sp³-hybridized carbons (Fsp3) is 0.333. The number of hydrogen-bond donors (Lipinski definition) is 1. The van der Waals surface area contributed by atoms with E-state index < -0.39 is 0 Å². The molecule has 0 aliphatic heterocycles. The molecule has 0 saturated heterocycles. The smallest absolute Gasteiger partial charge is 0.163 e. The van der Waals surface area contributed by atoms with Gasteiger partial charge < -0.3 is 9.94 Å². The van der Waals surface area contributed by atoms with Gasteiger partial charge in [-0.2, -0.15) is 5.06 Å². The zero-order valence-corrected chi connectivity index (χ0v) is 7.10. The van der Waals surface area contributed by atoms with E-state index in [0.29, 0.717) is 6.54 Å². The Hall–Kier alpha value is -1.06. The lowest BCUT2D eigenvalue weighted by atomic mass is 10.3.